The Bertz CT molecular complexity index is 811. The lowest BCUT2D eigenvalue weighted by atomic mass is 9.97. The van der Waals surface area contributed by atoms with Crippen molar-refractivity contribution in [1.29, 1.82) is 0 Å². The molecule has 0 aromatic heterocycles. The number of hydrazone groups is 1. The Morgan fingerprint density at radius 1 is 1.00 bits per heavy atom. The Balaban J connectivity index is 2.99. The predicted molar refractivity (Wildman–Crippen MR) is 112 cm³/mol. The Hall–Kier alpha value is -3.23. The van der Waals surface area contributed by atoms with Crippen molar-refractivity contribution < 1.29 is 28.7 Å². The SMILES string of the molecule is COC(=O)CCC(=O)C/C(=N/NCC(C)(C)C)C(=O)Nc1ccccc1C(=O)OC. The average molecular weight is 419 g/mol. The number of carbonyl (C=O) groups excluding carboxylic acids is 4. The third-order valence-electron chi connectivity index (χ3n) is 3.87. The summed E-state index contributed by atoms with van der Waals surface area (Å²) in [5.41, 5.74) is 3.06. The number of hydrogen-bond donors (Lipinski definition) is 2. The van der Waals surface area contributed by atoms with E-state index in [4.69, 9.17) is 4.74 Å². The molecule has 0 aliphatic carbocycles. The highest BCUT2D eigenvalue weighted by Crippen LogP contribution is 2.16. The van der Waals surface area contributed by atoms with Gasteiger partial charge >= 0.3 is 11.9 Å². The number of carbonyl (C=O) groups is 4. The highest BCUT2D eigenvalue weighted by molar-refractivity contribution is 6.45. The Labute approximate surface area is 176 Å². The maximum absolute atomic E-state index is 12.8. The van der Waals surface area contributed by atoms with Crippen molar-refractivity contribution in [3.8, 4) is 0 Å². The van der Waals surface area contributed by atoms with Crippen molar-refractivity contribution in [2.24, 2.45) is 10.5 Å². The molecule has 0 atom stereocenters. The van der Waals surface area contributed by atoms with Gasteiger partial charge in [0.15, 0.2) is 0 Å². The van der Waals surface area contributed by atoms with Crippen LogP contribution >= 0.6 is 0 Å². The maximum Gasteiger partial charge on any atom is 0.339 e. The van der Waals surface area contributed by atoms with Crippen LogP contribution in [0.1, 0.15) is 50.4 Å². The van der Waals surface area contributed by atoms with E-state index in [2.05, 4.69) is 20.6 Å². The molecule has 9 heteroatoms. The number of Topliss-reactive ketones (excluding diaryl/α,β-unsaturated/α-hetero) is 1. The summed E-state index contributed by atoms with van der Waals surface area (Å²) in [4.78, 5) is 48.2. The van der Waals surface area contributed by atoms with E-state index in [1.807, 2.05) is 20.8 Å². The minimum Gasteiger partial charge on any atom is -0.469 e. The van der Waals surface area contributed by atoms with Gasteiger partial charge in [-0.25, -0.2) is 4.79 Å². The van der Waals surface area contributed by atoms with E-state index in [1.165, 1.54) is 20.3 Å². The third-order valence-corrected chi connectivity index (χ3v) is 3.87. The summed E-state index contributed by atoms with van der Waals surface area (Å²) in [6.45, 7) is 6.44. The van der Waals surface area contributed by atoms with Gasteiger partial charge in [0.2, 0.25) is 0 Å². The quantitative estimate of drug-likeness (QED) is 0.339. The van der Waals surface area contributed by atoms with Crippen LogP contribution in [0.4, 0.5) is 5.69 Å². The number of methoxy groups -OCH3 is 2. The first-order chi connectivity index (χ1) is 14.1. The molecule has 1 rings (SSSR count). The van der Waals surface area contributed by atoms with Crippen molar-refractivity contribution >= 4 is 35.0 Å². The topological polar surface area (TPSA) is 123 Å². The number of ketones is 1. The molecule has 164 valence electrons. The van der Waals surface area contributed by atoms with E-state index >= 15 is 0 Å². The lowest BCUT2D eigenvalue weighted by Gasteiger charge is -2.18. The van der Waals surface area contributed by atoms with Gasteiger partial charge < -0.3 is 20.2 Å². The molecule has 2 N–H and O–H groups in total. The fraction of sp³-hybridized carbons (Fsp3) is 0.476. The minimum atomic E-state index is -0.640. The monoisotopic (exact) mass is 419 g/mol. The number of benzene rings is 1. The summed E-state index contributed by atoms with van der Waals surface area (Å²) in [6, 6.07) is 6.34. The second kappa shape index (κ2) is 11.7. The Morgan fingerprint density at radius 2 is 1.67 bits per heavy atom. The Kier molecular flexibility index (Phi) is 9.67. The first kappa shape index (κ1) is 24.8. The smallest absolute Gasteiger partial charge is 0.339 e. The molecule has 0 heterocycles. The molecule has 1 aromatic rings. The zero-order chi connectivity index (χ0) is 22.7. The standard InChI is InChI=1S/C21H29N3O6/c1-21(2,3)13-22-24-17(12-14(25)10-11-18(26)29-4)19(27)23-16-9-7-6-8-15(16)20(28)30-5/h6-9,22H,10-13H2,1-5H3,(H,23,27)/b24-17-. The molecule has 0 aliphatic rings. The molecule has 0 spiro atoms. The summed E-state index contributed by atoms with van der Waals surface area (Å²) < 4.78 is 9.24. The van der Waals surface area contributed by atoms with Gasteiger partial charge in [0, 0.05) is 13.0 Å². The number of nitrogens with one attached hydrogen (secondary N) is 2. The van der Waals surface area contributed by atoms with Gasteiger partial charge in [-0.3, -0.25) is 14.4 Å². The van der Waals surface area contributed by atoms with E-state index < -0.39 is 17.8 Å². The van der Waals surface area contributed by atoms with Gasteiger partial charge in [-0.2, -0.15) is 5.10 Å². The molecule has 0 saturated carbocycles. The van der Waals surface area contributed by atoms with Gasteiger partial charge in [0.1, 0.15) is 11.5 Å². The van der Waals surface area contributed by atoms with Crippen molar-refractivity contribution in [1.82, 2.24) is 5.43 Å². The first-order valence-corrected chi connectivity index (χ1v) is 9.44. The molecule has 30 heavy (non-hydrogen) atoms. The molecule has 0 radical (unpaired) electrons. The average Bonchev–Trinajstić information content (AvgIpc) is 2.70. The van der Waals surface area contributed by atoms with Gasteiger partial charge in [-0.15, -0.1) is 0 Å². The molecule has 0 unspecified atom stereocenters. The van der Waals surface area contributed by atoms with Crippen LogP contribution in [0.3, 0.4) is 0 Å². The van der Waals surface area contributed by atoms with Crippen molar-refractivity contribution in [2.75, 3.05) is 26.1 Å². The van der Waals surface area contributed by atoms with E-state index in [0.29, 0.717) is 6.54 Å². The lowest BCUT2D eigenvalue weighted by molar-refractivity contribution is -0.141. The van der Waals surface area contributed by atoms with Crippen molar-refractivity contribution in [3.05, 3.63) is 29.8 Å². The van der Waals surface area contributed by atoms with E-state index in [-0.39, 0.29) is 47.4 Å². The van der Waals surface area contributed by atoms with Gasteiger partial charge in [-0.05, 0) is 17.5 Å². The fourth-order valence-corrected chi connectivity index (χ4v) is 2.24. The Morgan fingerprint density at radius 3 is 2.27 bits per heavy atom. The molecule has 9 nitrogen and oxygen atoms in total. The predicted octanol–water partition coefficient (Wildman–Crippen LogP) is 2.32. The second-order valence-electron chi connectivity index (χ2n) is 7.74. The zero-order valence-electron chi connectivity index (χ0n) is 18.0. The first-order valence-electron chi connectivity index (χ1n) is 9.44. The number of ether oxygens (including phenoxy) is 2. The second-order valence-corrected chi connectivity index (χ2v) is 7.74. The zero-order valence-corrected chi connectivity index (χ0v) is 18.0. The van der Waals surface area contributed by atoms with Crippen LogP contribution < -0.4 is 10.7 Å². The summed E-state index contributed by atoms with van der Waals surface area (Å²) in [6.07, 6.45) is -0.428. The van der Waals surface area contributed by atoms with Crippen LogP contribution in [0.5, 0.6) is 0 Å². The van der Waals surface area contributed by atoms with Crippen LogP contribution in [-0.2, 0) is 23.9 Å². The van der Waals surface area contributed by atoms with E-state index in [1.54, 1.807) is 18.2 Å². The van der Waals surface area contributed by atoms with E-state index in [0.717, 1.165) is 0 Å². The summed E-state index contributed by atoms with van der Waals surface area (Å²) in [7, 11) is 2.48. The molecule has 0 fully saturated rings. The molecule has 1 aromatic carbocycles. The largest absolute Gasteiger partial charge is 0.469 e. The number of nitrogens with zero attached hydrogens (tertiary/aromatic N) is 1. The normalized spacial score (nSPS) is 11.4. The molecule has 0 bridgehead atoms. The van der Waals surface area contributed by atoms with Gasteiger partial charge in [0.25, 0.3) is 5.91 Å². The molecule has 1 amide bonds. The highest BCUT2D eigenvalue weighted by Gasteiger charge is 2.20. The van der Waals surface area contributed by atoms with Crippen LogP contribution in [0.2, 0.25) is 0 Å². The lowest BCUT2D eigenvalue weighted by Crippen LogP contribution is -2.31. The van der Waals surface area contributed by atoms with Crippen LogP contribution in [0.25, 0.3) is 0 Å². The number of esters is 2. The van der Waals surface area contributed by atoms with E-state index in [9.17, 15) is 19.2 Å². The van der Waals surface area contributed by atoms with Crippen molar-refractivity contribution in [2.45, 2.75) is 40.0 Å². The number of amides is 1. The summed E-state index contributed by atoms with van der Waals surface area (Å²) >= 11 is 0. The third kappa shape index (κ3) is 8.85. The number of hydrogen-bond acceptors (Lipinski definition) is 8. The summed E-state index contributed by atoms with van der Waals surface area (Å²) in [5.74, 6) is -2.10. The van der Waals surface area contributed by atoms with Gasteiger partial charge in [0.05, 0.1) is 38.3 Å². The molecular formula is C21H29N3O6. The van der Waals surface area contributed by atoms with Crippen LogP contribution in [0.15, 0.2) is 29.4 Å². The minimum absolute atomic E-state index is 0.0613. The van der Waals surface area contributed by atoms with Crippen LogP contribution in [-0.4, -0.2) is 50.1 Å². The highest BCUT2D eigenvalue weighted by atomic mass is 16.5. The number of rotatable bonds is 10. The summed E-state index contributed by atoms with van der Waals surface area (Å²) in [5, 5.41) is 6.69. The van der Waals surface area contributed by atoms with Crippen LogP contribution in [0, 0.1) is 5.41 Å². The number of anilines is 1. The molecular weight excluding hydrogens is 390 g/mol. The fourth-order valence-electron chi connectivity index (χ4n) is 2.24. The van der Waals surface area contributed by atoms with Gasteiger partial charge in [-0.1, -0.05) is 32.9 Å². The molecule has 0 saturated heterocycles. The number of para-hydroxylation sites is 1. The molecule has 0 aliphatic heterocycles. The van der Waals surface area contributed by atoms with Crippen molar-refractivity contribution in [3.63, 3.8) is 0 Å². The maximum atomic E-state index is 12.8.